The number of hydrogen-bond acceptors (Lipinski definition) is 6. The van der Waals surface area contributed by atoms with Gasteiger partial charge in [0.15, 0.2) is 9.84 Å². The second-order valence-electron chi connectivity index (χ2n) is 7.04. The Balaban J connectivity index is 1.58. The second kappa shape index (κ2) is 8.16. The van der Waals surface area contributed by atoms with Gasteiger partial charge >= 0.3 is 0 Å². The molecule has 1 aromatic rings. The Morgan fingerprint density at radius 3 is 2.85 bits per heavy atom. The Morgan fingerprint density at radius 1 is 1.31 bits per heavy atom. The van der Waals surface area contributed by atoms with E-state index in [1.54, 1.807) is 13.0 Å². The second-order valence-corrected chi connectivity index (χ2v) is 9.27. The maximum Gasteiger partial charge on any atom is 0.270 e. The first-order chi connectivity index (χ1) is 12.4. The fraction of sp³-hybridized carbons (Fsp3) is 0.611. The predicted octanol–water partition coefficient (Wildman–Crippen LogP) is 2.00. The molecule has 1 aromatic heterocycles. The fourth-order valence-electron chi connectivity index (χ4n) is 3.43. The number of carbonyl (C=O) groups excluding carboxylic acids is 1. The van der Waals surface area contributed by atoms with E-state index in [0.717, 1.165) is 13.0 Å². The van der Waals surface area contributed by atoms with Crippen LogP contribution in [-0.4, -0.2) is 48.4 Å². The number of aryl methyl sites for hydroxylation is 1. The highest BCUT2D eigenvalue weighted by molar-refractivity contribution is 7.91. The summed E-state index contributed by atoms with van der Waals surface area (Å²) in [6, 6.07) is 1.29. The summed E-state index contributed by atoms with van der Waals surface area (Å²) in [4.78, 5) is 20.9. The molecule has 0 saturated carbocycles. The monoisotopic (exact) mass is 378 g/mol. The van der Waals surface area contributed by atoms with Crippen molar-refractivity contribution in [3.63, 3.8) is 0 Å². The smallest absolute Gasteiger partial charge is 0.270 e. The van der Waals surface area contributed by atoms with Gasteiger partial charge in [-0.2, -0.15) is 0 Å². The molecule has 0 bridgehead atoms. The standard InChI is InChI=1S/C18H26N4O3S/c1-13-20-16(18(23)22-15-8-10-26(24,25)12-15)11-17(21-13)19-9-7-14-5-3-2-4-6-14/h5,11,15H,2-4,6-10,12H2,1H3,(H,22,23)(H,19,20,21). The molecule has 1 amide bonds. The van der Waals surface area contributed by atoms with Gasteiger partial charge in [0.25, 0.3) is 5.91 Å². The van der Waals surface area contributed by atoms with Crippen molar-refractivity contribution >= 4 is 21.6 Å². The first kappa shape index (κ1) is 18.8. The number of nitrogens with zero attached hydrogens (tertiary/aromatic N) is 2. The number of amides is 1. The third-order valence-corrected chi connectivity index (χ3v) is 6.54. The van der Waals surface area contributed by atoms with Crippen molar-refractivity contribution in [2.24, 2.45) is 0 Å². The molecule has 142 valence electrons. The van der Waals surface area contributed by atoms with Crippen LogP contribution in [0.15, 0.2) is 17.7 Å². The van der Waals surface area contributed by atoms with Gasteiger partial charge in [0, 0.05) is 18.7 Å². The number of anilines is 1. The van der Waals surface area contributed by atoms with Gasteiger partial charge in [0.2, 0.25) is 0 Å². The molecule has 0 spiro atoms. The van der Waals surface area contributed by atoms with Crippen LogP contribution in [-0.2, 0) is 9.84 Å². The maximum atomic E-state index is 12.4. The summed E-state index contributed by atoms with van der Waals surface area (Å²) in [7, 11) is -3.03. The van der Waals surface area contributed by atoms with E-state index in [0.29, 0.717) is 18.1 Å². The molecule has 2 N–H and O–H groups in total. The van der Waals surface area contributed by atoms with E-state index in [2.05, 4.69) is 26.7 Å². The van der Waals surface area contributed by atoms with E-state index >= 15 is 0 Å². The molecule has 1 atom stereocenters. The largest absolute Gasteiger partial charge is 0.370 e. The summed E-state index contributed by atoms with van der Waals surface area (Å²) in [6.45, 7) is 2.51. The lowest BCUT2D eigenvalue weighted by atomic mass is 9.97. The molecule has 1 aliphatic carbocycles. The number of hydrogen-bond donors (Lipinski definition) is 2. The summed E-state index contributed by atoms with van der Waals surface area (Å²) in [5.41, 5.74) is 1.75. The third-order valence-electron chi connectivity index (χ3n) is 4.78. The zero-order valence-electron chi connectivity index (χ0n) is 15.1. The van der Waals surface area contributed by atoms with Gasteiger partial charge in [-0.1, -0.05) is 11.6 Å². The predicted molar refractivity (Wildman–Crippen MR) is 101 cm³/mol. The van der Waals surface area contributed by atoms with Gasteiger partial charge in [0.1, 0.15) is 17.3 Å². The van der Waals surface area contributed by atoms with Crippen molar-refractivity contribution in [1.82, 2.24) is 15.3 Å². The summed E-state index contributed by atoms with van der Waals surface area (Å²) in [5.74, 6) is 0.914. The molecule has 3 rings (SSSR count). The highest BCUT2D eigenvalue weighted by Crippen LogP contribution is 2.20. The maximum absolute atomic E-state index is 12.4. The molecule has 0 radical (unpaired) electrons. The third kappa shape index (κ3) is 5.27. The number of nitrogens with one attached hydrogen (secondary N) is 2. The normalized spacial score (nSPS) is 21.9. The Bertz CT molecular complexity index is 805. The molecule has 0 aromatic carbocycles. The fourth-order valence-corrected chi connectivity index (χ4v) is 5.10. The van der Waals surface area contributed by atoms with Crippen LogP contribution in [0, 0.1) is 6.92 Å². The van der Waals surface area contributed by atoms with Crippen molar-refractivity contribution in [3.8, 4) is 0 Å². The highest BCUT2D eigenvalue weighted by Gasteiger charge is 2.29. The lowest BCUT2D eigenvalue weighted by Gasteiger charge is -2.14. The van der Waals surface area contributed by atoms with Crippen LogP contribution >= 0.6 is 0 Å². The number of aromatic nitrogens is 2. The summed E-state index contributed by atoms with van der Waals surface area (Å²) in [6.07, 6.45) is 8.64. The lowest BCUT2D eigenvalue weighted by molar-refractivity contribution is 0.0935. The number of carbonyl (C=O) groups is 1. The van der Waals surface area contributed by atoms with E-state index in [1.807, 2.05) is 0 Å². The number of allylic oxidation sites excluding steroid dienone is 1. The van der Waals surface area contributed by atoms with E-state index in [4.69, 9.17) is 0 Å². The average Bonchev–Trinajstić information content (AvgIpc) is 2.94. The van der Waals surface area contributed by atoms with Crippen molar-refractivity contribution in [3.05, 3.63) is 29.2 Å². The van der Waals surface area contributed by atoms with Crippen molar-refractivity contribution in [2.75, 3.05) is 23.4 Å². The van der Waals surface area contributed by atoms with E-state index in [-0.39, 0.29) is 29.1 Å². The Labute approximate surface area is 154 Å². The zero-order valence-corrected chi connectivity index (χ0v) is 15.9. The minimum Gasteiger partial charge on any atom is -0.370 e. The van der Waals surface area contributed by atoms with Crippen LogP contribution in [0.4, 0.5) is 5.82 Å². The highest BCUT2D eigenvalue weighted by atomic mass is 32.2. The number of sulfone groups is 1. The van der Waals surface area contributed by atoms with Crippen LogP contribution in [0.2, 0.25) is 0 Å². The van der Waals surface area contributed by atoms with Gasteiger partial charge in [-0.05, 0) is 45.4 Å². The minimum atomic E-state index is -3.03. The molecular weight excluding hydrogens is 352 g/mol. The molecule has 26 heavy (non-hydrogen) atoms. The van der Waals surface area contributed by atoms with Gasteiger partial charge in [-0.3, -0.25) is 4.79 Å². The summed E-state index contributed by atoms with van der Waals surface area (Å²) in [5, 5.41) is 6.03. The molecular formula is C18H26N4O3S. The van der Waals surface area contributed by atoms with Crippen molar-refractivity contribution in [1.29, 1.82) is 0 Å². The molecule has 1 aliphatic heterocycles. The Kier molecular flexibility index (Phi) is 5.90. The Morgan fingerprint density at radius 2 is 2.15 bits per heavy atom. The zero-order chi connectivity index (χ0) is 18.6. The lowest BCUT2D eigenvalue weighted by Crippen LogP contribution is -2.36. The minimum absolute atomic E-state index is 0.00300. The van der Waals surface area contributed by atoms with Crippen LogP contribution in [0.3, 0.4) is 0 Å². The molecule has 1 saturated heterocycles. The van der Waals surface area contributed by atoms with E-state index in [1.165, 1.54) is 31.3 Å². The topological polar surface area (TPSA) is 101 Å². The van der Waals surface area contributed by atoms with Crippen molar-refractivity contribution < 1.29 is 13.2 Å². The van der Waals surface area contributed by atoms with Crippen LogP contribution < -0.4 is 10.6 Å². The van der Waals surface area contributed by atoms with Gasteiger partial charge < -0.3 is 10.6 Å². The molecule has 2 heterocycles. The average molecular weight is 378 g/mol. The van der Waals surface area contributed by atoms with Crippen LogP contribution in [0.25, 0.3) is 0 Å². The van der Waals surface area contributed by atoms with Crippen molar-refractivity contribution in [2.45, 2.75) is 51.5 Å². The van der Waals surface area contributed by atoms with Gasteiger partial charge in [-0.15, -0.1) is 0 Å². The molecule has 1 unspecified atom stereocenters. The van der Waals surface area contributed by atoms with Gasteiger partial charge in [-0.25, -0.2) is 18.4 Å². The summed E-state index contributed by atoms with van der Waals surface area (Å²) >= 11 is 0. The summed E-state index contributed by atoms with van der Waals surface area (Å²) < 4.78 is 23.0. The van der Waals surface area contributed by atoms with E-state index < -0.39 is 9.84 Å². The van der Waals surface area contributed by atoms with Crippen LogP contribution in [0.5, 0.6) is 0 Å². The van der Waals surface area contributed by atoms with E-state index in [9.17, 15) is 13.2 Å². The molecule has 1 fully saturated rings. The number of rotatable bonds is 6. The van der Waals surface area contributed by atoms with Crippen LogP contribution in [0.1, 0.15) is 54.8 Å². The SMILES string of the molecule is Cc1nc(NCCC2=CCCCC2)cc(C(=O)NC2CCS(=O)(=O)C2)n1. The quantitative estimate of drug-likeness (QED) is 0.734. The first-order valence-electron chi connectivity index (χ1n) is 9.20. The first-order valence-corrected chi connectivity index (χ1v) is 11.0. The molecule has 8 heteroatoms. The molecule has 7 nitrogen and oxygen atoms in total. The molecule has 2 aliphatic rings. The van der Waals surface area contributed by atoms with Gasteiger partial charge in [0.05, 0.1) is 11.5 Å². The Hall–Kier alpha value is -1.96.